The van der Waals surface area contributed by atoms with Crippen molar-refractivity contribution in [1.29, 1.82) is 0 Å². The van der Waals surface area contributed by atoms with E-state index < -0.39 is 10.0 Å². The molecule has 1 aromatic rings. The van der Waals surface area contributed by atoms with Gasteiger partial charge < -0.3 is 4.90 Å². The Bertz CT molecular complexity index is 719. The molecule has 1 saturated carbocycles. The van der Waals surface area contributed by atoms with E-state index in [2.05, 4.69) is 0 Å². The maximum Gasteiger partial charge on any atom is 0.246 e. The molecule has 0 bridgehead atoms. The number of hydrogen-bond donors (Lipinski definition) is 0. The first kappa shape index (κ1) is 17.0. The van der Waals surface area contributed by atoms with Gasteiger partial charge >= 0.3 is 0 Å². The third-order valence-corrected chi connectivity index (χ3v) is 6.79. The molecule has 1 aliphatic heterocycles. The molecule has 1 heterocycles. The number of anilines is 1. The fraction of sp³-hybridized carbons (Fsp3) is 0.500. The molecule has 5 nitrogen and oxygen atoms in total. The van der Waals surface area contributed by atoms with Gasteiger partial charge in [-0.15, -0.1) is 0 Å². The second-order valence-corrected chi connectivity index (χ2v) is 8.57. The number of likely N-dealkylation sites (N-methyl/N-ethyl adjacent to an activating group) is 1. The van der Waals surface area contributed by atoms with Gasteiger partial charge in [-0.25, -0.2) is 8.42 Å². The highest BCUT2D eigenvalue weighted by atomic mass is 32.2. The van der Waals surface area contributed by atoms with Crippen LogP contribution >= 0.6 is 0 Å². The number of carbonyl (C=O) groups is 1. The Hall–Kier alpha value is -1.82. The summed E-state index contributed by atoms with van der Waals surface area (Å²) in [6.45, 7) is 0.544. The van der Waals surface area contributed by atoms with Crippen molar-refractivity contribution in [2.75, 3.05) is 23.7 Å². The molecule has 2 aliphatic rings. The minimum Gasteiger partial charge on any atom is -0.339 e. The van der Waals surface area contributed by atoms with Gasteiger partial charge in [-0.2, -0.15) is 0 Å². The molecule has 0 atom stereocenters. The van der Waals surface area contributed by atoms with Crippen LogP contribution in [0.5, 0.6) is 0 Å². The van der Waals surface area contributed by atoms with Crippen LogP contribution in [-0.4, -0.2) is 44.6 Å². The molecule has 130 valence electrons. The standard InChI is InChI=1S/C18H24N2O3S/c1-19(16-5-2-3-6-16)18(21)12-9-15-7-10-17(11-8-15)20-13-4-14-24(20,22)23/h7-12,16H,2-6,13-14H2,1H3/b12-9+. The summed E-state index contributed by atoms with van der Waals surface area (Å²) in [5, 5.41) is 0. The van der Waals surface area contributed by atoms with Crippen LogP contribution in [0.3, 0.4) is 0 Å². The van der Waals surface area contributed by atoms with Crippen molar-refractivity contribution < 1.29 is 13.2 Å². The first-order valence-corrected chi connectivity index (χ1v) is 10.1. The van der Waals surface area contributed by atoms with Gasteiger partial charge in [0.1, 0.15) is 0 Å². The van der Waals surface area contributed by atoms with E-state index in [4.69, 9.17) is 0 Å². The number of nitrogens with zero attached hydrogens (tertiary/aromatic N) is 2. The van der Waals surface area contributed by atoms with Gasteiger partial charge in [0.25, 0.3) is 0 Å². The van der Waals surface area contributed by atoms with Gasteiger partial charge in [0, 0.05) is 25.7 Å². The Labute approximate surface area is 144 Å². The van der Waals surface area contributed by atoms with Crippen molar-refractivity contribution in [3.8, 4) is 0 Å². The van der Waals surface area contributed by atoms with Crippen LogP contribution in [-0.2, 0) is 14.8 Å². The van der Waals surface area contributed by atoms with Crippen LogP contribution in [0.2, 0.25) is 0 Å². The predicted octanol–water partition coefficient (Wildman–Crippen LogP) is 2.64. The predicted molar refractivity (Wildman–Crippen MR) is 96.3 cm³/mol. The van der Waals surface area contributed by atoms with Crippen LogP contribution in [0, 0.1) is 0 Å². The highest BCUT2D eigenvalue weighted by Crippen LogP contribution is 2.25. The van der Waals surface area contributed by atoms with Crippen LogP contribution in [0.1, 0.15) is 37.7 Å². The summed E-state index contributed by atoms with van der Waals surface area (Å²) in [5.41, 5.74) is 1.59. The van der Waals surface area contributed by atoms with Crippen molar-refractivity contribution in [3.05, 3.63) is 35.9 Å². The molecule has 0 aromatic heterocycles. The quantitative estimate of drug-likeness (QED) is 0.786. The Morgan fingerprint density at radius 3 is 2.42 bits per heavy atom. The van der Waals surface area contributed by atoms with Gasteiger partial charge in [0.2, 0.25) is 15.9 Å². The number of amides is 1. The van der Waals surface area contributed by atoms with Crippen LogP contribution in [0.15, 0.2) is 30.3 Å². The number of sulfonamides is 1. The second kappa shape index (κ2) is 6.97. The number of hydrogen-bond acceptors (Lipinski definition) is 3. The van der Waals surface area contributed by atoms with E-state index in [9.17, 15) is 13.2 Å². The van der Waals surface area contributed by atoms with E-state index in [1.807, 2.05) is 24.1 Å². The number of rotatable bonds is 4. The molecular weight excluding hydrogens is 324 g/mol. The summed E-state index contributed by atoms with van der Waals surface area (Å²) in [6, 6.07) is 7.66. The lowest BCUT2D eigenvalue weighted by Crippen LogP contribution is -2.33. The summed E-state index contributed by atoms with van der Waals surface area (Å²) in [6.07, 6.45) is 8.64. The van der Waals surface area contributed by atoms with Gasteiger partial charge in [-0.3, -0.25) is 9.10 Å². The van der Waals surface area contributed by atoms with Crippen LogP contribution in [0.25, 0.3) is 6.08 Å². The highest BCUT2D eigenvalue weighted by molar-refractivity contribution is 7.93. The molecule has 1 amide bonds. The molecule has 24 heavy (non-hydrogen) atoms. The minimum atomic E-state index is -3.14. The molecule has 6 heteroatoms. The molecule has 1 saturated heterocycles. The molecule has 1 aromatic carbocycles. The monoisotopic (exact) mass is 348 g/mol. The van der Waals surface area contributed by atoms with Crippen LogP contribution < -0.4 is 4.31 Å². The average molecular weight is 348 g/mol. The molecule has 0 N–H and O–H groups in total. The third-order valence-electron chi connectivity index (χ3n) is 4.92. The zero-order valence-electron chi connectivity index (χ0n) is 14.0. The van der Waals surface area contributed by atoms with Crippen molar-refractivity contribution >= 4 is 27.7 Å². The molecule has 0 spiro atoms. The number of carbonyl (C=O) groups excluding carboxylic acids is 1. The zero-order chi connectivity index (χ0) is 17.2. The highest BCUT2D eigenvalue weighted by Gasteiger charge is 2.28. The maximum atomic E-state index is 12.2. The lowest BCUT2D eigenvalue weighted by Gasteiger charge is -2.22. The third kappa shape index (κ3) is 3.64. The fourth-order valence-corrected chi connectivity index (χ4v) is 5.00. The van der Waals surface area contributed by atoms with Crippen molar-refractivity contribution in [3.63, 3.8) is 0 Å². The fourth-order valence-electron chi connectivity index (χ4n) is 3.44. The summed E-state index contributed by atoms with van der Waals surface area (Å²) in [7, 11) is -1.28. The molecule has 0 unspecified atom stereocenters. The van der Waals surface area contributed by atoms with E-state index in [0.717, 1.165) is 18.4 Å². The van der Waals surface area contributed by atoms with E-state index in [-0.39, 0.29) is 11.7 Å². The minimum absolute atomic E-state index is 0.0214. The SMILES string of the molecule is CN(C(=O)/C=C/c1ccc(N2CCCS2(=O)=O)cc1)C1CCCC1. The molecule has 3 rings (SSSR count). The largest absolute Gasteiger partial charge is 0.339 e. The summed E-state index contributed by atoms with van der Waals surface area (Å²) < 4.78 is 25.3. The molecule has 0 radical (unpaired) electrons. The Kier molecular flexibility index (Phi) is 4.94. The zero-order valence-corrected chi connectivity index (χ0v) is 14.8. The van der Waals surface area contributed by atoms with Gasteiger partial charge in [-0.1, -0.05) is 25.0 Å². The normalized spacial score (nSPS) is 20.8. The molecule has 2 fully saturated rings. The lowest BCUT2D eigenvalue weighted by molar-refractivity contribution is -0.126. The first-order valence-electron chi connectivity index (χ1n) is 8.53. The summed E-state index contributed by atoms with van der Waals surface area (Å²) >= 11 is 0. The Morgan fingerprint density at radius 1 is 1.17 bits per heavy atom. The Balaban J connectivity index is 1.64. The second-order valence-electron chi connectivity index (χ2n) is 6.55. The maximum absolute atomic E-state index is 12.2. The Morgan fingerprint density at radius 2 is 1.83 bits per heavy atom. The van der Waals surface area contributed by atoms with Gasteiger partial charge in [-0.05, 0) is 43.0 Å². The van der Waals surface area contributed by atoms with E-state index >= 15 is 0 Å². The van der Waals surface area contributed by atoms with E-state index in [0.29, 0.717) is 24.7 Å². The lowest BCUT2D eigenvalue weighted by atomic mass is 10.1. The van der Waals surface area contributed by atoms with Crippen molar-refractivity contribution in [1.82, 2.24) is 4.90 Å². The molecule has 1 aliphatic carbocycles. The van der Waals surface area contributed by atoms with Crippen molar-refractivity contribution in [2.24, 2.45) is 0 Å². The first-order chi connectivity index (χ1) is 11.5. The smallest absolute Gasteiger partial charge is 0.246 e. The van der Waals surface area contributed by atoms with E-state index in [1.54, 1.807) is 24.3 Å². The van der Waals surface area contributed by atoms with E-state index in [1.165, 1.54) is 17.1 Å². The van der Waals surface area contributed by atoms with Gasteiger partial charge in [0.15, 0.2) is 0 Å². The summed E-state index contributed by atoms with van der Waals surface area (Å²) in [4.78, 5) is 14.0. The van der Waals surface area contributed by atoms with Gasteiger partial charge in [0.05, 0.1) is 11.4 Å². The van der Waals surface area contributed by atoms with Crippen molar-refractivity contribution in [2.45, 2.75) is 38.1 Å². The number of benzene rings is 1. The summed E-state index contributed by atoms with van der Waals surface area (Å²) in [5.74, 6) is 0.240. The van der Waals surface area contributed by atoms with Crippen LogP contribution in [0.4, 0.5) is 5.69 Å². The topological polar surface area (TPSA) is 57.7 Å². The molecular formula is C18H24N2O3S. The average Bonchev–Trinajstić information content (AvgIpc) is 3.21.